The van der Waals surface area contributed by atoms with Crippen molar-refractivity contribution in [2.45, 2.75) is 43.3 Å². The Kier molecular flexibility index (Phi) is 4.23. The maximum absolute atomic E-state index is 8.96. The minimum absolute atomic E-state index is 0.214. The second kappa shape index (κ2) is 5.04. The molecule has 1 nitrogen and oxygen atoms in total. The highest BCUT2D eigenvalue weighted by atomic mass is 32.2. The van der Waals surface area contributed by atoms with Crippen LogP contribution in [0.15, 0.2) is 29.2 Å². The minimum Gasteiger partial charge on any atom is -0.395 e. The average molecular weight is 224 g/mol. The lowest BCUT2D eigenvalue weighted by Crippen LogP contribution is -2.10. The van der Waals surface area contributed by atoms with Gasteiger partial charge in [0.2, 0.25) is 0 Å². The van der Waals surface area contributed by atoms with E-state index in [1.807, 2.05) is 6.92 Å². The van der Waals surface area contributed by atoms with Crippen LogP contribution in [-0.4, -0.2) is 17.0 Å². The molecule has 1 N–H and O–H groups in total. The summed E-state index contributed by atoms with van der Waals surface area (Å²) in [5.74, 6) is 0. The summed E-state index contributed by atoms with van der Waals surface area (Å²) in [6.07, 6.45) is 0. The van der Waals surface area contributed by atoms with Crippen molar-refractivity contribution in [3.63, 3.8) is 0 Å². The summed E-state index contributed by atoms with van der Waals surface area (Å²) in [6, 6.07) is 8.62. The van der Waals surface area contributed by atoms with Gasteiger partial charge in [0.1, 0.15) is 0 Å². The third kappa shape index (κ3) is 3.88. The molecular formula is C13H20OS. The van der Waals surface area contributed by atoms with Crippen LogP contribution in [-0.2, 0) is 5.41 Å². The maximum Gasteiger partial charge on any atom is 0.0550 e. The van der Waals surface area contributed by atoms with Crippen molar-refractivity contribution in [3.8, 4) is 0 Å². The first-order valence-corrected chi connectivity index (χ1v) is 6.19. The Morgan fingerprint density at radius 2 is 1.73 bits per heavy atom. The van der Waals surface area contributed by atoms with Gasteiger partial charge in [0.25, 0.3) is 0 Å². The first-order valence-electron chi connectivity index (χ1n) is 5.31. The van der Waals surface area contributed by atoms with E-state index in [9.17, 15) is 0 Å². The van der Waals surface area contributed by atoms with Gasteiger partial charge in [-0.2, -0.15) is 0 Å². The summed E-state index contributed by atoms with van der Waals surface area (Å²) in [4.78, 5) is 1.23. The van der Waals surface area contributed by atoms with E-state index in [0.29, 0.717) is 0 Å². The van der Waals surface area contributed by atoms with Crippen molar-refractivity contribution >= 4 is 11.8 Å². The van der Waals surface area contributed by atoms with E-state index in [4.69, 9.17) is 5.11 Å². The Labute approximate surface area is 96.9 Å². The van der Waals surface area contributed by atoms with Gasteiger partial charge in [0.05, 0.1) is 6.61 Å². The highest BCUT2D eigenvalue weighted by Gasteiger charge is 2.13. The second-order valence-corrected chi connectivity index (χ2v) is 6.40. The van der Waals surface area contributed by atoms with E-state index >= 15 is 0 Å². The Balaban J connectivity index is 2.73. The maximum atomic E-state index is 8.96. The Hall–Kier alpha value is -0.470. The third-order valence-corrected chi connectivity index (χ3v) is 3.41. The normalized spacial score (nSPS) is 13.9. The zero-order valence-electron chi connectivity index (χ0n) is 9.95. The molecule has 1 unspecified atom stereocenters. The van der Waals surface area contributed by atoms with Crippen LogP contribution in [0.4, 0.5) is 0 Å². The largest absolute Gasteiger partial charge is 0.395 e. The Morgan fingerprint density at radius 3 is 2.13 bits per heavy atom. The number of aliphatic hydroxyl groups excluding tert-OH is 1. The van der Waals surface area contributed by atoms with Crippen LogP contribution in [0.5, 0.6) is 0 Å². The second-order valence-electron chi connectivity index (χ2n) is 4.89. The van der Waals surface area contributed by atoms with E-state index in [1.165, 1.54) is 10.5 Å². The number of hydrogen-bond acceptors (Lipinski definition) is 2. The monoisotopic (exact) mass is 224 g/mol. The van der Waals surface area contributed by atoms with Gasteiger partial charge in [0.15, 0.2) is 0 Å². The molecule has 0 bridgehead atoms. The zero-order chi connectivity index (χ0) is 11.5. The molecule has 0 saturated carbocycles. The molecule has 2 heteroatoms. The molecule has 0 aromatic heterocycles. The number of benzene rings is 1. The van der Waals surface area contributed by atoms with Crippen molar-refractivity contribution in [1.82, 2.24) is 0 Å². The van der Waals surface area contributed by atoms with Gasteiger partial charge in [0, 0.05) is 10.1 Å². The average Bonchev–Trinajstić information content (AvgIpc) is 2.17. The lowest BCUT2D eigenvalue weighted by molar-refractivity contribution is 0.300. The van der Waals surface area contributed by atoms with Crippen molar-refractivity contribution < 1.29 is 5.11 Å². The molecule has 15 heavy (non-hydrogen) atoms. The van der Waals surface area contributed by atoms with Crippen LogP contribution >= 0.6 is 11.8 Å². The van der Waals surface area contributed by atoms with Crippen molar-refractivity contribution in [1.29, 1.82) is 0 Å². The third-order valence-electron chi connectivity index (χ3n) is 2.31. The van der Waals surface area contributed by atoms with Crippen LogP contribution in [0.25, 0.3) is 0 Å². The fourth-order valence-electron chi connectivity index (χ4n) is 1.30. The van der Waals surface area contributed by atoms with E-state index in [1.54, 1.807) is 11.8 Å². The molecule has 0 saturated heterocycles. The molecule has 1 atom stereocenters. The number of aliphatic hydroxyl groups is 1. The predicted molar refractivity (Wildman–Crippen MR) is 67.5 cm³/mol. The molecule has 0 aliphatic rings. The Bertz CT molecular complexity index is 297. The molecule has 0 spiro atoms. The molecule has 0 amide bonds. The fourth-order valence-corrected chi connectivity index (χ4v) is 2.14. The van der Waals surface area contributed by atoms with E-state index in [0.717, 1.165) is 0 Å². The molecule has 0 aliphatic heterocycles. The lowest BCUT2D eigenvalue weighted by atomic mass is 9.87. The smallest absolute Gasteiger partial charge is 0.0550 e. The fraction of sp³-hybridized carbons (Fsp3) is 0.538. The zero-order valence-corrected chi connectivity index (χ0v) is 10.8. The van der Waals surface area contributed by atoms with E-state index in [-0.39, 0.29) is 17.3 Å². The van der Waals surface area contributed by atoms with Crippen molar-refractivity contribution in [2.75, 3.05) is 6.61 Å². The lowest BCUT2D eigenvalue weighted by Gasteiger charge is -2.19. The Morgan fingerprint density at radius 1 is 1.20 bits per heavy atom. The molecule has 84 valence electrons. The first kappa shape index (κ1) is 12.6. The van der Waals surface area contributed by atoms with Gasteiger partial charge < -0.3 is 5.11 Å². The molecule has 0 heterocycles. The minimum atomic E-state index is 0.214. The topological polar surface area (TPSA) is 20.2 Å². The van der Waals surface area contributed by atoms with Crippen LogP contribution in [0.1, 0.15) is 33.3 Å². The molecule has 1 aromatic rings. The highest BCUT2D eigenvalue weighted by Crippen LogP contribution is 2.27. The molecule has 0 aliphatic carbocycles. The predicted octanol–water partition coefficient (Wildman–Crippen LogP) is 3.46. The summed E-state index contributed by atoms with van der Waals surface area (Å²) < 4.78 is 0. The van der Waals surface area contributed by atoms with Gasteiger partial charge >= 0.3 is 0 Å². The molecule has 0 fully saturated rings. The van der Waals surface area contributed by atoms with Crippen LogP contribution in [0.3, 0.4) is 0 Å². The summed E-state index contributed by atoms with van der Waals surface area (Å²) in [5, 5.41) is 9.23. The van der Waals surface area contributed by atoms with Gasteiger partial charge in [-0.25, -0.2) is 0 Å². The number of rotatable bonds is 3. The highest BCUT2D eigenvalue weighted by molar-refractivity contribution is 8.00. The summed E-state index contributed by atoms with van der Waals surface area (Å²) in [5.41, 5.74) is 1.56. The van der Waals surface area contributed by atoms with Crippen LogP contribution < -0.4 is 0 Å². The standard InChI is InChI=1S/C13H20OS/c1-10(9-14)15-12-7-5-11(6-8-12)13(2,3)4/h5-8,10,14H,9H2,1-4H3. The summed E-state index contributed by atoms with van der Waals surface area (Å²) in [7, 11) is 0. The molecule has 1 rings (SSSR count). The van der Waals surface area contributed by atoms with Gasteiger partial charge in [-0.15, -0.1) is 11.8 Å². The SMILES string of the molecule is CC(CO)Sc1ccc(C(C)(C)C)cc1. The molecule has 0 radical (unpaired) electrons. The van der Waals surface area contributed by atoms with Crippen molar-refractivity contribution in [3.05, 3.63) is 29.8 Å². The van der Waals surface area contributed by atoms with Crippen molar-refractivity contribution in [2.24, 2.45) is 0 Å². The first-order chi connectivity index (χ1) is 6.93. The van der Waals surface area contributed by atoms with Crippen LogP contribution in [0.2, 0.25) is 0 Å². The van der Waals surface area contributed by atoms with Gasteiger partial charge in [-0.1, -0.05) is 39.8 Å². The summed E-state index contributed by atoms with van der Waals surface area (Å²) in [6.45, 7) is 8.90. The van der Waals surface area contributed by atoms with Gasteiger partial charge in [-0.3, -0.25) is 0 Å². The molecular weight excluding hydrogens is 204 g/mol. The number of thioether (sulfide) groups is 1. The van der Waals surface area contributed by atoms with Crippen LogP contribution in [0, 0.1) is 0 Å². The van der Waals surface area contributed by atoms with E-state index < -0.39 is 0 Å². The number of hydrogen-bond donors (Lipinski definition) is 1. The summed E-state index contributed by atoms with van der Waals surface area (Å²) >= 11 is 1.71. The van der Waals surface area contributed by atoms with Gasteiger partial charge in [-0.05, 0) is 23.1 Å². The molecule has 1 aromatic carbocycles. The van der Waals surface area contributed by atoms with E-state index in [2.05, 4.69) is 45.0 Å². The quantitative estimate of drug-likeness (QED) is 0.793.